The molecule has 0 aliphatic carbocycles. The number of hydrogen-bond acceptors (Lipinski definition) is 14. The van der Waals surface area contributed by atoms with E-state index in [0.29, 0.717) is 33.7 Å². The zero-order chi connectivity index (χ0) is 51.5. The van der Waals surface area contributed by atoms with Crippen LogP contribution in [0, 0.1) is 34.9 Å². The third kappa shape index (κ3) is 11.2. The minimum absolute atomic E-state index is 0. The first-order valence-electron chi connectivity index (χ1n) is 20.9. The monoisotopic (exact) mass is 1020 g/mol. The number of aromatic nitrogens is 12. The number of rotatable bonds is 8. The Labute approximate surface area is 413 Å². The predicted molar refractivity (Wildman–Crippen MR) is 259 cm³/mol. The molecule has 0 aliphatic heterocycles. The number of pyridine rings is 4. The van der Waals surface area contributed by atoms with Crippen LogP contribution < -0.4 is 28.0 Å². The zero-order valence-corrected chi connectivity index (χ0v) is 38.0. The van der Waals surface area contributed by atoms with Gasteiger partial charge in [-0.25, -0.2) is 46.3 Å². The van der Waals surface area contributed by atoms with Gasteiger partial charge in [0.25, 0.3) is 0 Å². The number of nitrogens with zero attached hydrogens (tertiary/aromatic N) is 12. The molecular weight excluding hydrogens is 985 g/mol. The van der Waals surface area contributed by atoms with Gasteiger partial charge in [0, 0.05) is 67.7 Å². The SMILES string of the molecule is C.Cn1cc(-c2c(-c3ccc(F)c(F)c3)nc(N)n3nc(Cc4ncccc4F)nc23)ccc1=O.Cn1cc(-c2c(Cl)nc(N)n3nc(Cc4ncccc4F)nc23)ccc1=O.OB(O)c1ccc(F)c(F)c1. The van der Waals surface area contributed by atoms with Gasteiger partial charge in [0.1, 0.15) is 16.8 Å². The van der Waals surface area contributed by atoms with Crippen LogP contribution in [0.3, 0.4) is 0 Å². The summed E-state index contributed by atoms with van der Waals surface area (Å²) in [7, 11) is 1.44. The molecular formula is C47H38BClF6N14O4. The highest BCUT2D eigenvalue weighted by Crippen LogP contribution is 2.35. The van der Waals surface area contributed by atoms with Crippen molar-refractivity contribution in [1.29, 1.82) is 0 Å². The third-order valence-corrected chi connectivity index (χ3v) is 10.8. The Hall–Kier alpha value is -8.81. The maximum Gasteiger partial charge on any atom is 0.488 e. The van der Waals surface area contributed by atoms with E-state index < -0.39 is 42.0 Å². The van der Waals surface area contributed by atoms with E-state index in [1.165, 1.54) is 73.0 Å². The first kappa shape index (κ1) is 52.0. The normalized spacial score (nSPS) is 10.9. The molecule has 26 heteroatoms. The number of halogens is 7. The summed E-state index contributed by atoms with van der Waals surface area (Å²) >= 11 is 6.30. The first-order chi connectivity index (χ1) is 34.4. The highest BCUT2D eigenvalue weighted by Gasteiger charge is 2.23. The molecule has 0 radical (unpaired) electrons. The molecule has 18 nitrogen and oxygen atoms in total. The van der Waals surface area contributed by atoms with Crippen LogP contribution in [0.5, 0.6) is 0 Å². The highest BCUT2D eigenvalue weighted by atomic mass is 35.5. The number of nitrogen functional groups attached to an aromatic ring is 2. The second-order valence-electron chi connectivity index (χ2n) is 15.5. The molecule has 0 saturated carbocycles. The lowest BCUT2D eigenvalue weighted by Gasteiger charge is -2.13. The molecule has 0 aliphatic rings. The van der Waals surface area contributed by atoms with Gasteiger partial charge in [-0.15, -0.1) is 10.2 Å². The summed E-state index contributed by atoms with van der Waals surface area (Å²) in [6, 6.07) is 17.6. The Balaban J connectivity index is 0.000000178. The van der Waals surface area contributed by atoms with Crippen LogP contribution in [-0.4, -0.2) is 75.4 Å². The van der Waals surface area contributed by atoms with E-state index in [-0.39, 0.29) is 88.0 Å². The Morgan fingerprint density at radius 1 is 0.575 bits per heavy atom. The summed E-state index contributed by atoms with van der Waals surface area (Å²) in [5.74, 6) is -4.60. The minimum Gasteiger partial charge on any atom is -0.423 e. The second-order valence-corrected chi connectivity index (χ2v) is 15.8. The molecule has 2 aromatic carbocycles. The van der Waals surface area contributed by atoms with Crippen molar-refractivity contribution < 1.29 is 36.4 Å². The number of anilines is 2. The minimum atomic E-state index is -1.76. The lowest BCUT2D eigenvalue weighted by molar-refractivity contribution is 0.425. The third-order valence-electron chi connectivity index (χ3n) is 10.6. The fourth-order valence-electron chi connectivity index (χ4n) is 7.04. The number of aryl methyl sites for hydroxylation is 2. The van der Waals surface area contributed by atoms with Crippen molar-refractivity contribution in [3.05, 3.63) is 194 Å². The van der Waals surface area contributed by atoms with Gasteiger partial charge in [-0.1, -0.05) is 25.1 Å². The highest BCUT2D eigenvalue weighted by molar-refractivity contribution is 6.58. The van der Waals surface area contributed by atoms with E-state index in [4.69, 9.17) is 33.1 Å². The van der Waals surface area contributed by atoms with Crippen molar-refractivity contribution >= 4 is 47.4 Å². The predicted octanol–water partition coefficient (Wildman–Crippen LogP) is 5.27. The van der Waals surface area contributed by atoms with Crippen molar-refractivity contribution in [2.75, 3.05) is 11.5 Å². The van der Waals surface area contributed by atoms with Gasteiger partial charge in [-0.05, 0) is 72.2 Å². The van der Waals surface area contributed by atoms with Gasteiger partial charge in [0.15, 0.2) is 46.2 Å². The molecule has 0 fully saturated rings. The molecule has 0 spiro atoms. The van der Waals surface area contributed by atoms with Gasteiger partial charge in [0.05, 0.1) is 41.1 Å². The molecule has 10 rings (SSSR count). The number of benzene rings is 2. The largest absolute Gasteiger partial charge is 0.488 e. The number of nitrogens with two attached hydrogens (primary N) is 2. The van der Waals surface area contributed by atoms with Crippen molar-refractivity contribution in [1.82, 2.24) is 58.3 Å². The maximum atomic E-state index is 14.1. The molecule has 0 amide bonds. The van der Waals surface area contributed by atoms with Crippen molar-refractivity contribution in [2.24, 2.45) is 14.1 Å². The van der Waals surface area contributed by atoms with Crippen LogP contribution in [0.4, 0.5) is 38.2 Å². The Bertz CT molecular complexity index is 3820. The second kappa shape index (κ2) is 21.7. The van der Waals surface area contributed by atoms with E-state index in [0.717, 1.165) is 30.3 Å². The van der Waals surface area contributed by atoms with Crippen molar-refractivity contribution in [3.8, 4) is 33.5 Å². The van der Waals surface area contributed by atoms with Crippen LogP contribution in [-0.2, 0) is 26.9 Å². The molecule has 6 N–H and O–H groups in total. The Morgan fingerprint density at radius 2 is 1.04 bits per heavy atom. The topological polar surface area (TPSA) is 248 Å². The van der Waals surface area contributed by atoms with Gasteiger partial charge in [0.2, 0.25) is 23.0 Å². The van der Waals surface area contributed by atoms with Crippen LogP contribution in [0.15, 0.2) is 119 Å². The quantitative estimate of drug-likeness (QED) is 0.0860. The van der Waals surface area contributed by atoms with Gasteiger partial charge >= 0.3 is 7.12 Å². The molecule has 8 heterocycles. The Kier molecular flexibility index (Phi) is 15.4. The van der Waals surface area contributed by atoms with Crippen LogP contribution in [0.1, 0.15) is 30.5 Å². The first-order valence-corrected chi connectivity index (χ1v) is 21.3. The van der Waals surface area contributed by atoms with Crippen LogP contribution in [0.2, 0.25) is 5.15 Å². The summed E-state index contributed by atoms with van der Waals surface area (Å²) in [6.45, 7) is 0. The van der Waals surface area contributed by atoms with Crippen LogP contribution >= 0.6 is 11.6 Å². The average Bonchev–Trinajstić information content (AvgIpc) is 3.97. The van der Waals surface area contributed by atoms with E-state index in [2.05, 4.69) is 40.1 Å². The average molecular weight is 1020 g/mol. The number of hydrogen-bond donors (Lipinski definition) is 4. The molecule has 0 unspecified atom stereocenters. The van der Waals surface area contributed by atoms with Crippen LogP contribution in [0.25, 0.3) is 44.8 Å². The van der Waals surface area contributed by atoms with E-state index in [1.807, 2.05) is 0 Å². The smallest absolute Gasteiger partial charge is 0.423 e. The maximum absolute atomic E-state index is 14.1. The summed E-state index contributed by atoms with van der Waals surface area (Å²) < 4.78 is 85.6. The van der Waals surface area contributed by atoms with Gasteiger partial charge in [-0.3, -0.25) is 19.6 Å². The van der Waals surface area contributed by atoms with E-state index >= 15 is 0 Å². The number of fused-ring (bicyclic) bond motifs is 2. The molecule has 0 atom stereocenters. The summed E-state index contributed by atoms with van der Waals surface area (Å²) in [4.78, 5) is 49.1. The molecule has 73 heavy (non-hydrogen) atoms. The molecule has 8 aromatic heterocycles. The lowest BCUT2D eigenvalue weighted by atomic mass is 9.80. The fourth-order valence-corrected chi connectivity index (χ4v) is 7.32. The van der Waals surface area contributed by atoms with E-state index in [9.17, 15) is 35.9 Å². The molecule has 10 aromatic rings. The zero-order valence-electron chi connectivity index (χ0n) is 37.3. The Morgan fingerprint density at radius 3 is 1.52 bits per heavy atom. The van der Waals surface area contributed by atoms with Crippen molar-refractivity contribution in [3.63, 3.8) is 0 Å². The van der Waals surface area contributed by atoms with E-state index in [1.54, 1.807) is 38.6 Å². The molecule has 0 saturated heterocycles. The fraction of sp³-hybridized carbons (Fsp3) is 0.106. The standard InChI is InChI=1S/C23H16F3N7O.C17H13ClFN7O.C6H5BF2O2.CH4/c1-32-11-13(5-7-19(32)34)20-21(12-4-6-14(24)16(26)9-12)30-23(27)33-22(20)29-18(31-33)10-17-15(25)3-2-8-28-17;1-25-8-9(4-5-13(25)27)14-15(18)23-17(20)26-16(14)22-12(24-26)7-11-10(19)3-2-6-21-11;8-5-2-1-4(7(10)11)3-6(5)9;/h2-9,11H,10H2,1H3,(H2,27,30);2-6,8H,7H2,1H3,(H2,20,23);1-3,10-11H;1H4. The summed E-state index contributed by atoms with van der Waals surface area (Å²) in [5.41, 5.74) is 15.0. The van der Waals surface area contributed by atoms with Gasteiger partial charge in [-0.2, -0.15) is 9.03 Å². The summed E-state index contributed by atoms with van der Waals surface area (Å²) in [5, 5.41) is 25.8. The molecule has 0 bridgehead atoms. The summed E-state index contributed by atoms with van der Waals surface area (Å²) in [6.07, 6.45) is 6.21. The lowest BCUT2D eigenvalue weighted by Crippen LogP contribution is -2.30. The van der Waals surface area contributed by atoms with Crippen molar-refractivity contribution in [2.45, 2.75) is 20.3 Å². The van der Waals surface area contributed by atoms with Gasteiger partial charge < -0.3 is 30.6 Å². The molecule has 372 valence electrons.